The number of benzene rings is 1. The number of aromatic nitrogens is 1. The summed E-state index contributed by atoms with van der Waals surface area (Å²) in [6, 6.07) is 6.90. The van der Waals surface area contributed by atoms with E-state index >= 15 is 0 Å². The minimum atomic E-state index is -0.743. The maximum Gasteiger partial charge on any atom is 0.161 e. The van der Waals surface area contributed by atoms with Gasteiger partial charge in [-0.1, -0.05) is 18.2 Å². The highest BCUT2D eigenvalue weighted by Crippen LogP contribution is 2.41. The first-order chi connectivity index (χ1) is 10.6. The van der Waals surface area contributed by atoms with E-state index in [1.807, 2.05) is 0 Å². The van der Waals surface area contributed by atoms with Crippen LogP contribution < -0.4 is 0 Å². The molecule has 1 unspecified atom stereocenters. The van der Waals surface area contributed by atoms with Crippen LogP contribution in [0.15, 0.2) is 30.5 Å². The van der Waals surface area contributed by atoms with Crippen LogP contribution in [-0.4, -0.2) is 47.6 Å². The molecule has 3 atom stereocenters. The number of methoxy groups -OCH3 is 1. The Kier molecular flexibility index (Phi) is 3.15. The molecule has 4 nitrogen and oxygen atoms in total. The van der Waals surface area contributed by atoms with Gasteiger partial charge in [-0.25, -0.2) is 0 Å². The van der Waals surface area contributed by atoms with Crippen molar-refractivity contribution >= 4 is 16.5 Å². The quantitative estimate of drug-likeness (QED) is 0.862. The Morgan fingerprint density at radius 1 is 1.32 bits per heavy atom. The van der Waals surface area contributed by atoms with E-state index in [-0.39, 0.29) is 5.92 Å². The van der Waals surface area contributed by atoms with Crippen molar-refractivity contribution < 1.29 is 9.84 Å². The Morgan fingerprint density at radius 3 is 2.91 bits per heavy atom. The molecule has 0 spiro atoms. The van der Waals surface area contributed by atoms with E-state index in [1.54, 1.807) is 7.11 Å². The fourth-order valence-electron chi connectivity index (χ4n) is 4.12. The summed E-state index contributed by atoms with van der Waals surface area (Å²) in [7, 11) is 5.81. The van der Waals surface area contributed by atoms with Gasteiger partial charge in [0, 0.05) is 49.8 Å². The second kappa shape index (κ2) is 4.95. The summed E-state index contributed by atoms with van der Waals surface area (Å²) >= 11 is 0. The highest BCUT2D eigenvalue weighted by Gasteiger charge is 2.35. The Morgan fingerprint density at radius 2 is 2.14 bits per heavy atom. The number of nitrogens with zero attached hydrogens (tertiary/aromatic N) is 2. The van der Waals surface area contributed by atoms with Gasteiger partial charge in [0.25, 0.3) is 0 Å². The van der Waals surface area contributed by atoms with Gasteiger partial charge in [0.1, 0.15) is 0 Å². The van der Waals surface area contributed by atoms with Crippen LogP contribution in [-0.2, 0) is 18.2 Å². The molecular weight excluding hydrogens is 276 g/mol. The van der Waals surface area contributed by atoms with Crippen molar-refractivity contribution in [3.63, 3.8) is 0 Å². The molecule has 0 bridgehead atoms. The van der Waals surface area contributed by atoms with Gasteiger partial charge < -0.3 is 14.4 Å². The summed E-state index contributed by atoms with van der Waals surface area (Å²) < 4.78 is 7.36. The van der Waals surface area contributed by atoms with Crippen molar-refractivity contribution in [2.45, 2.75) is 18.8 Å². The largest absolute Gasteiger partial charge is 0.367 e. The number of aliphatic hydroxyl groups is 1. The lowest BCUT2D eigenvalue weighted by molar-refractivity contribution is -0.107. The van der Waals surface area contributed by atoms with E-state index in [0.29, 0.717) is 6.04 Å². The predicted molar refractivity (Wildman–Crippen MR) is 87.5 cm³/mol. The summed E-state index contributed by atoms with van der Waals surface area (Å²) in [4.78, 5) is 2.34. The molecule has 1 N–H and O–H groups in total. The first kappa shape index (κ1) is 14.0. The minimum Gasteiger partial charge on any atom is -0.367 e. The van der Waals surface area contributed by atoms with Gasteiger partial charge in [0.15, 0.2) is 6.29 Å². The molecule has 0 saturated carbocycles. The average Bonchev–Trinajstić information content (AvgIpc) is 2.85. The molecule has 1 aromatic carbocycles. The third kappa shape index (κ3) is 1.88. The zero-order chi connectivity index (χ0) is 15.4. The van der Waals surface area contributed by atoms with Crippen molar-refractivity contribution in [2.24, 2.45) is 13.0 Å². The highest BCUT2D eigenvalue weighted by molar-refractivity contribution is 5.98. The van der Waals surface area contributed by atoms with E-state index in [2.05, 4.69) is 54.0 Å². The number of ether oxygens (including phenoxy) is 1. The molecule has 22 heavy (non-hydrogen) atoms. The molecular formula is C18H22N2O2. The smallest absolute Gasteiger partial charge is 0.161 e. The van der Waals surface area contributed by atoms with Crippen molar-refractivity contribution in [1.82, 2.24) is 9.47 Å². The second-order valence-corrected chi connectivity index (χ2v) is 6.54. The maximum absolute atomic E-state index is 10.1. The normalized spacial score (nSPS) is 25.9. The average molecular weight is 298 g/mol. The standard InChI is InChI=1S/C18H22N2O2/c1-19-9-11-8-16-14(13-5-4-6-15(19)17(11)13)7-12(10-20(16)2)18(21)22-3/h4-7,9,12,16,18,21H,8,10H2,1-3H3/t12-,16-,18?/m1/s1. The lowest BCUT2D eigenvalue weighted by Crippen LogP contribution is -2.45. The van der Waals surface area contributed by atoms with E-state index in [4.69, 9.17) is 4.74 Å². The lowest BCUT2D eigenvalue weighted by atomic mass is 9.80. The van der Waals surface area contributed by atoms with Crippen LogP contribution in [0, 0.1) is 5.92 Å². The number of rotatable bonds is 2. The molecule has 2 heterocycles. The zero-order valence-corrected chi connectivity index (χ0v) is 13.3. The van der Waals surface area contributed by atoms with Gasteiger partial charge in [0.05, 0.1) is 0 Å². The van der Waals surface area contributed by atoms with Crippen molar-refractivity contribution in [2.75, 3.05) is 20.7 Å². The fourth-order valence-corrected chi connectivity index (χ4v) is 4.12. The van der Waals surface area contributed by atoms with Crippen LogP contribution in [0.4, 0.5) is 0 Å². The molecule has 2 aliphatic rings. The van der Waals surface area contributed by atoms with Crippen molar-refractivity contribution in [3.8, 4) is 0 Å². The number of aliphatic hydroxyl groups excluding tert-OH is 1. The molecule has 1 aromatic heterocycles. The van der Waals surface area contributed by atoms with Crippen molar-refractivity contribution in [1.29, 1.82) is 0 Å². The van der Waals surface area contributed by atoms with Gasteiger partial charge in [0.2, 0.25) is 0 Å². The Balaban J connectivity index is 1.91. The fraction of sp³-hybridized carbons (Fsp3) is 0.444. The molecule has 4 heteroatoms. The van der Waals surface area contributed by atoms with Gasteiger partial charge in [-0.3, -0.25) is 4.90 Å². The SMILES string of the molecule is COC(O)[C@@H]1C=C2c3cccc4c3c(cn4C)C[C@H]2N(C)C1. The Labute approximate surface area is 130 Å². The zero-order valence-electron chi connectivity index (χ0n) is 13.3. The first-order valence-corrected chi connectivity index (χ1v) is 7.80. The van der Waals surface area contributed by atoms with Crippen LogP contribution in [0.2, 0.25) is 0 Å². The van der Waals surface area contributed by atoms with Crippen LogP contribution >= 0.6 is 0 Å². The molecule has 116 valence electrons. The predicted octanol–water partition coefficient (Wildman–Crippen LogP) is 2.01. The topological polar surface area (TPSA) is 37.6 Å². The van der Waals surface area contributed by atoms with Gasteiger partial charge in [-0.15, -0.1) is 0 Å². The molecule has 0 radical (unpaired) electrons. The Bertz CT molecular complexity index is 762. The second-order valence-electron chi connectivity index (χ2n) is 6.54. The van der Waals surface area contributed by atoms with E-state index < -0.39 is 6.29 Å². The van der Waals surface area contributed by atoms with Gasteiger partial charge >= 0.3 is 0 Å². The molecule has 4 rings (SSSR count). The summed E-state index contributed by atoms with van der Waals surface area (Å²) in [5, 5.41) is 11.5. The van der Waals surface area contributed by atoms with E-state index in [0.717, 1.165) is 13.0 Å². The van der Waals surface area contributed by atoms with E-state index in [1.165, 1.54) is 27.6 Å². The Hall–Kier alpha value is -1.62. The molecule has 0 amide bonds. The van der Waals surface area contributed by atoms with Crippen molar-refractivity contribution in [3.05, 3.63) is 41.6 Å². The van der Waals surface area contributed by atoms with Crippen LogP contribution in [0.1, 0.15) is 11.1 Å². The lowest BCUT2D eigenvalue weighted by Gasteiger charge is -2.40. The summed E-state index contributed by atoms with van der Waals surface area (Å²) in [5.74, 6) is 0.0155. The van der Waals surface area contributed by atoms with Gasteiger partial charge in [-0.2, -0.15) is 0 Å². The maximum atomic E-state index is 10.1. The molecule has 1 aliphatic heterocycles. The summed E-state index contributed by atoms with van der Waals surface area (Å²) in [5.41, 5.74) is 5.35. The number of hydrogen-bond donors (Lipinski definition) is 1. The van der Waals surface area contributed by atoms with Crippen LogP contribution in [0.5, 0.6) is 0 Å². The number of hydrogen-bond acceptors (Lipinski definition) is 3. The molecule has 0 saturated heterocycles. The first-order valence-electron chi connectivity index (χ1n) is 7.80. The highest BCUT2D eigenvalue weighted by atomic mass is 16.6. The van der Waals surface area contributed by atoms with Crippen LogP contribution in [0.3, 0.4) is 0 Å². The third-order valence-electron chi connectivity index (χ3n) is 5.21. The van der Waals surface area contributed by atoms with Gasteiger partial charge in [-0.05, 0) is 36.2 Å². The van der Waals surface area contributed by atoms with E-state index in [9.17, 15) is 5.11 Å². The molecule has 1 aliphatic carbocycles. The minimum absolute atomic E-state index is 0.0155. The number of fused-ring (bicyclic) bond motifs is 2. The number of likely N-dealkylation sites (N-methyl/N-ethyl adjacent to an activating group) is 1. The third-order valence-corrected chi connectivity index (χ3v) is 5.21. The monoisotopic (exact) mass is 298 g/mol. The summed E-state index contributed by atoms with van der Waals surface area (Å²) in [6.45, 7) is 0.821. The molecule has 2 aromatic rings. The molecule has 0 fully saturated rings. The number of aryl methyl sites for hydroxylation is 1. The summed E-state index contributed by atoms with van der Waals surface area (Å²) in [6.07, 6.45) is 4.78. The van der Waals surface area contributed by atoms with Crippen LogP contribution in [0.25, 0.3) is 16.5 Å².